The molecule has 6 nitrogen and oxygen atoms in total. The van der Waals surface area contributed by atoms with Crippen LogP contribution in [0, 0.1) is 0 Å². The molecule has 2 aromatic carbocycles. The van der Waals surface area contributed by atoms with Crippen molar-refractivity contribution in [2.75, 3.05) is 39.7 Å². The molecular formula is C22H29Cl2N2O4PS. The van der Waals surface area contributed by atoms with Crippen molar-refractivity contribution in [3.05, 3.63) is 63.1 Å². The van der Waals surface area contributed by atoms with Gasteiger partial charge in [0.25, 0.3) is 0 Å². The molecule has 0 saturated carbocycles. The molecule has 0 aromatic heterocycles. The van der Waals surface area contributed by atoms with Crippen LogP contribution in [0.5, 0.6) is 0 Å². The van der Waals surface area contributed by atoms with Gasteiger partial charge in [0.05, 0.1) is 17.8 Å². The summed E-state index contributed by atoms with van der Waals surface area (Å²) in [5.74, 6) is -0.0779. The topological polar surface area (TPSA) is 66.9 Å². The minimum atomic E-state index is -3.86. The minimum absolute atomic E-state index is 0.0779. The summed E-state index contributed by atoms with van der Waals surface area (Å²) in [4.78, 5) is 2.32. The van der Waals surface area contributed by atoms with Gasteiger partial charge in [-0.2, -0.15) is 4.31 Å². The zero-order valence-corrected chi connectivity index (χ0v) is 21.9. The average Bonchev–Trinajstić information content (AvgIpc) is 2.72. The third kappa shape index (κ3) is 5.58. The first-order valence-electron chi connectivity index (χ1n) is 10.5. The fourth-order valence-electron chi connectivity index (χ4n) is 4.12. The summed E-state index contributed by atoms with van der Waals surface area (Å²) in [6.07, 6.45) is -0.163. The van der Waals surface area contributed by atoms with Crippen LogP contribution in [0.2, 0.25) is 10.0 Å². The van der Waals surface area contributed by atoms with Crippen LogP contribution in [0.3, 0.4) is 0 Å². The van der Waals surface area contributed by atoms with Gasteiger partial charge < -0.3 is 9.42 Å². The molecule has 0 saturated heterocycles. The number of halogens is 2. The van der Waals surface area contributed by atoms with E-state index in [4.69, 9.17) is 27.7 Å². The maximum absolute atomic E-state index is 13.4. The molecule has 10 heteroatoms. The summed E-state index contributed by atoms with van der Waals surface area (Å²) < 4.78 is 46.0. The monoisotopic (exact) mass is 518 g/mol. The second kappa shape index (κ2) is 10.1. The molecule has 2 aromatic rings. The zero-order valence-electron chi connectivity index (χ0n) is 18.7. The Hall–Kier alpha value is -0.920. The Morgan fingerprint density at radius 1 is 1.22 bits per heavy atom. The van der Waals surface area contributed by atoms with Gasteiger partial charge in [0.2, 0.25) is 17.4 Å². The lowest BCUT2D eigenvalue weighted by atomic mass is 9.85. The van der Waals surface area contributed by atoms with Crippen LogP contribution in [-0.4, -0.2) is 57.3 Å². The van der Waals surface area contributed by atoms with Crippen LogP contribution >= 0.6 is 30.6 Å². The molecule has 0 radical (unpaired) electrons. The molecule has 0 spiro atoms. The Morgan fingerprint density at radius 2 is 1.94 bits per heavy atom. The van der Waals surface area contributed by atoms with E-state index in [2.05, 4.69) is 4.90 Å². The molecular weight excluding hydrogens is 490 g/mol. The Labute approximate surface area is 201 Å². The number of likely N-dealkylation sites (N-methyl/N-ethyl adjacent to an activating group) is 1. The van der Waals surface area contributed by atoms with Crippen molar-refractivity contribution in [3.8, 4) is 0 Å². The first-order chi connectivity index (χ1) is 15.0. The normalized spacial score (nSPS) is 19.0. The molecule has 3 rings (SSSR count). The van der Waals surface area contributed by atoms with Gasteiger partial charge >= 0.3 is 0 Å². The SMILES string of the molecule is CCOP(C)(=O)CN(CC)S(=O)(=O)c1cccc(C2CN(C)Cc3c(Cl)cc(Cl)cc32)c1. The lowest BCUT2D eigenvalue weighted by Gasteiger charge is -2.33. The number of nitrogens with zero attached hydrogens (tertiary/aromatic N) is 2. The first-order valence-corrected chi connectivity index (χ1v) is 14.9. The Kier molecular flexibility index (Phi) is 8.15. The van der Waals surface area contributed by atoms with E-state index in [9.17, 15) is 13.0 Å². The molecule has 0 fully saturated rings. The lowest BCUT2D eigenvalue weighted by molar-refractivity contribution is 0.295. The highest BCUT2D eigenvalue weighted by Gasteiger charge is 2.32. The molecule has 0 N–H and O–H groups in total. The molecule has 1 heterocycles. The third-order valence-corrected chi connectivity index (χ3v) is 9.88. The summed E-state index contributed by atoms with van der Waals surface area (Å²) in [5.41, 5.74) is 2.87. The van der Waals surface area contributed by atoms with Gasteiger partial charge in [0.15, 0.2) is 0 Å². The van der Waals surface area contributed by atoms with Crippen LogP contribution < -0.4 is 0 Å². The van der Waals surface area contributed by atoms with Crippen molar-refractivity contribution in [2.24, 2.45) is 0 Å². The second-order valence-corrected chi connectivity index (χ2v) is 13.5. The van der Waals surface area contributed by atoms with E-state index in [0.717, 1.165) is 16.7 Å². The quantitative estimate of drug-likeness (QED) is 0.432. The van der Waals surface area contributed by atoms with Gasteiger partial charge in [0, 0.05) is 42.3 Å². The Bertz CT molecular complexity index is 1140. The highest BCUT2D eigenvalue weighted by Crippen LogP contribution is 2.44. The van der Waals surface area contributed by atoms with Crippen LogP contribution in [-0.2, 0) is 25.7 Å². The van der Waals surface area contributed by atoms with E-state index in [1.807, 2.05) is 19.2 Å². The molecule has 2 atom stereocenters. The zero-order chi connectivity index (χ0) is 23.7. The van der Waals surface area contributed by atoms with Gasteiger partial charge in [-0.1, -0.05) is 42.3 Å². The summed E-state index contributed by atoms with van der Waals surface area (Å²) in [5, 5.41) is 1.17. The third-order valence-electron chi connectivity index (χ3n) is 5.56. The number of hydrogen-bond acceptors (Lipinski definition) is 5. The highest BCUT2D eigenvalue weighted by atomic mass is 35.5. The molecule has 0 amide bonds. The summed E-state index contributed by atoms with van der Waals surface area (Å²) in [6.45, 7) is 6.79. The van der Waals surface area contributed by atoms with E-state index in [1.165, 1.54) is 11.0 Å². The number of sulfonamides is 1. The van der Waals surface area contributed by atoms with Crippen molar-refractivity contribution in [1.82, 2.24) is 9.21 Å². The Balaban J connectivity index is 2.01. The summed E-state index contributed by atoms with van der Waals surface area (Å²) in [6, 6.07) is 10.6. The van der Waals surface area contributed by atoms with Gasteiger partial charge in [-0.3, -0.25) is 4.57 Å². The summed E-state index contributed by atoms with van der Waals surface area (Å²) >= 11 is 12.7. The number of hydrogen-bond donors (Lipinski definition) is 0. The molecule has 0 bridgehead atoms. The lowest BCUT2D eigenvalue weighted by Crippen LogP contribution is -2.33. The second-order valence-electron chi connectivity index (χ2n) is 8.12. The van der Waals surface area contributed by atoms with Gasteiger partial charge in [-0.05, 0) is 54.9 Å². The van der Waals surface area contributed by atoms with Gasteiger partial charge in [-0.25, -0.2) is 8.42 Å². The molecule has 1 aliphatic heterocycles. The van der Waals surface area contributed by atoms with Gasteiger partial charge in [-0.15, -0.1) is 0 Å². The predicted molar refractivity (Wildman–Crippen MR) is 131 cm³/mol. The summed E-state index contributed by atoms with van der Waals surface area (Å²) in [7, 11) is -4.92. The molecule has 32 heavy (non-hydrogen) atoms. The van der Waals surface area contributed by atoms with Crippen LogP contribution in [0.15, 0.2) is 41.3 Å². The largest absolute Gasteiger partial charge is 0.328 e. The van der Waals surface area contributed by atoms with E-state index in [-0.39, 0.29) is 30.3 Å². The van der Waals surface area contributed by atoms with Crippen molar-refractivity contribution in [2.45, 2.75) is 31.2 Å². The van der Waals surface area contributed by atoms with E-state index in [1.54, 1.807) is 38.1 Å². The fourth-order valence-corrected chi connectivity index (χ4v) is 8.50. The van der Waals surface area contributed by atoms with Crippen molar-refractivity contribution in [3.63, 3.8) is 0 Å². The van der Waals surface area contributed by atoms with Gasteiger partial charge in [0.1, 0.15) is 0 Å². The van der Waals surface area contributed by atoms with E-state index >= 15 is 0 Å². The molecule has 176 valence electrons. The maximum Gasteiger partial charge on any atom is 0.243 e. The maximum atomic E-state index is 13.4. The standard InChI is InChI=1S/C22H29Cl2N2O4PS/c1-5-26(15-31(4,27)30-6-2)32(28,29)18-9-7-8-16(10-18)20-13-25(3)14-21-19(20)11-17(23)12-22(21)24/h7-12,20H,5-6,13-15H2,1-4H3. The number of benzene rings is 2. The fraction of sp³-hybridized carbons (Fsp3) is 0.455. The van der Waals surface area contributed by atoms with Crippen molar-refractivity contribution < 1.29 is 17.5 Å². The van der Waals surface area contributed by atoms with Crippen LogP contribution in [0.1, 0.15) is 36.5 Å². The van der Waals surface area contributed by atoms with E-state index in [0.29, 0.717) is 23.1 Å². The molecule has 0 aliphatic carbocycles. The first kappa shape index (κ1) is 25.7. The van der Waals surface area contributed by atoms with E-state index < -0.39 is 17.4 Å². The van der Waals surface area contributed by atoms with Crippen molar-refractivity contribution in [1.29, 1.82) is 0 Å². The Morgan fingerprint density at radius 3 is 2.59 bits per heavy atom. The number of fused-ring (bicyclic) bond motifs is 1. The highest BCUT2D eigenvalue weighted by molar-refractivity contribution is 7.89. The molecule has 1 aliphatic rings. The smallest absolute Gasteiger partial charge is 0.243 e. The molecule has 2 unspecified atom stereocenters. The average molecular weight is 519 g/mol. The van der Waals surface area contributed by atoms with Crippen LogP contribution in [0.4, 0.5) is 0 Å². The number of rotatable bonds is 8. The van der Waals surface area contributed by atoms with Crippen LogP contribution in [0.25, 0.3) is 0 Å². The minimum Gasteiger partial charge on any atom is -0.328 e. The van der Waals surface area contributed by atoms with Crippen molar-refractivity contribution >= 4 is 40.6 Å². The predicted octanol–water partition coefficient (Wildman–Crippen LogP) is 5.48.